The summed E-state index contributed by atoms with van der Waals surface area (Å²) in [6.45, 7) is 3.95. The maximum atomic E-state index is 11.1. The molecule has 6 nitrogen and oxygen atoms in total. The molecule has 0 aliphatic carbocycles. The van der Waals surface area contributed by atoms with Crippen molar-refractivity contribution in [3.63, 3.8) is 0 Å². The Morgan fingerprint density at radius 3 is 1.50 bits per heavy atom. The summed E-state index contributed by atoms with van der Waals surface area (Å²) in [5.41, 5.74) is 0. The SMILES string of the molecule is Oc1c2cccc3c2c(O)c2cccc(c12)=NCCCOCCCCOCCCN=3. The zero-order chi connectivity index (χ0) is 20.8. The molecule has 0 spiro atoms. The van der Waals surface area contributed by atoms with Crippen LogP contribution in [0.1, 0.15) is 25.7 Å². The molecule has 2 N–H and O–H groups in total. The second-order valence-corrected chi connectivity index (χ2v) is 7.50. The molecule has 30 heavy (non-hydrogen) atoms. The van der Waals surface area contributed by atoms with Crippen LogP contribution in [0, 0.1) is 0 Å². The van der Waals surface area contributed by atoms with E-state index in [9.17, 15) is 10.2 Å². The van der Waals surface area contributed by atoms with Gasteiger partial charge in [-0.25, -0.2) is 0 Å². The van der Waals surface area contributed by atoms with Crippen LogP contribution < -0.4 is 10.7 Å². The van der Waals surface area contributed by atoms with Crippen molar-refractivity contribution in [1.29, 1.82) is 0 Å². The molecule has 0 atom stereocenters. The predicted molar refractivity (Wildman–Crippen MR) is 117 cm³/mol. The Labute approximate surface area is 175 Å². The van der Waals surface area contributed by atoms with E-state index in [1.165, 1.54) is 0 Å². The summed E-state index contributed by atoms with van der Waals surface area (Å²) in [5, 5.41) is 25.8. The van der Waals surface area contributed by atoms with Gasteiger partial charge in [0.15, 0.2) is 0 Å². The summed E-state index contributed by atoms with van der Waals surface area (Å²) < 4.78 is 11.4. The molecule has 0 unspecified atom stereocenters. The summed E-state index contributed by atoms with van der Waals surface area (Å²) in [6, 6.07) is 11.1. The molecule has 0 amide bonds. The Balaban J connectivity index is 1.84. The van der Waals surface area contributed by atoms with E-state index < -0.39 is 0 Å². The summed E-state index contributed by atoms with van der Waals surface area (Å²) in [5.74, 6) is 0.256. The Bertz CT molecular complexity index is 1050. The van der Waals surface area contributed by atoms with Gasteiger partial charge in [-0.05, 0) is 37.8 Å². The van der Waals surface area contributed by atoms with Crippen molar-refractivity contribution in [1.82, 2.24) is 0 Å². The molecular formula is C24H28N2O4. The Hall–Kier alpha value is -2.70. The molecule has 6 heteroatoms. The first-order valence-electron chi connectivity index (χ1n) is 10.7. The largest absolute Gasteiger partial charge is 0.507 e. The van der Waals surface area contributed by atoms with E-state index >= 15 is 0 Å². The van der Waals surface area contributed by atoms with Crippen LogP contribution >= 0.6 is 0 Å². The van der Waals surface area contributed by atoms with E-state index in [-0.39, 0.29) is 11.5 Å². The normalized spacial score (nSPS) is 17.2. The summed E-state index contributed by atoms with van der Waals surface area (Å²) >= 11 is 0. The number of phenolic OH excluding ortho intramolecular Hbond substituents is 2. The van der Waals surface area contributed by atoms with E-state index in [2.05, 4.69) is 9.98 Å². The molecule has 3 aromatic rings. The second-order valence-electron chi connectivity index (χ2n) is 7.50. The lowest BCUT2D eigenvalue weighted by Gasteiger charge is -2.11. The van der Waals surface area contributed by atoms with Crippen LogP contribution in [0.4, 0.5) is 0 Å². The molecule has 0 radical (unpaired) electrons. The number of phenols is 2. The van der Waals surface area contributed by atoms with Gasteiger partial charge in [-0.3, -0.25) is 9.98 Å². The number of fused-ring (bicyclic) bond motifs is 13. The lowest BCUT2D eigenvalue weighted by atomic mass is 9.99. The Kier molecular flexibility index (Phi) is 6.77. The molecule has 6 bridgehead atoms. The van der Waals surface area contributed by atoms with Crippen molar-refractivity contribution >= 4 is 21.5 Å². The van der Waals surface area contributed by atoms with Gasteiger partial charge in [-0.1, -0.05) is 24.3 Å². The summed E-state index contributed by atoms with van der Waals surface area (Å²) in [4.78, 5) is 9.33. The van der Waals surface area contributed by atoms with E-state index in [1.54, 1.807) is 0 Å². The van der Waals surface area contributed by atoms with Crippen LogP contribution in [0.3, 0.4) is 0 Å². The molecule has 0 saturated heterocycles. The highest BCUT2D eigenvalue weighted by Gasteiger charge is 2.15. The first kappa shape index (κ1) is 20.6. The molecule has 2 aliphatic rings. The third-order valence-corrected chi connectivity index (χ3v) is 5.35. The standard InChI is InChI=1S/C24H28N2O4/c27-23-18-8-4-10-20-22(18)24(28)17-7-3-9-19(21(17)23)25-11-5-15-29-13-1-2-14-30-16-6-12-26-20/h3-4,7-10,27-28H,1-2,5-6,11-16H2. The second kappa shape index (κ2) is 9.87. The maximum absolute atomic E-state index is 11.1. The van der Waals surface area contributed by atoms with Gasteiger partial charge in [0.2, 0.25) is 0 Å². The lowest BCUT2D eigenvalue weighted by Crippen LogP contribution is -2.09. The predicted octanol–water partition coefficient (Wildman–Crippen LogP) is 3.25. The minimum atomic E-state index is 0.128. The molecule has 158 valence electrons. The van der Waals surface area contributed by atoms with E-state index in [0.29, 0.717) is 58.6 Å². The van der Waals surface area contributed by atoms with Gasteiger partial charge in [0, 0.05) is 50.3 Å². The number of benzene rings is 3. The van der Waals surface area contributed by atoms with Crippen LogP contribution in [0.25, 0.3) is 21.5 Å². The highest BCUT2D eigenvalue weighted by atomic mass is 16.5. The van der Waals surface area contributed by atoms with Crippen molar-refractivity contribution in [2.75, 3.05) is 39.5 Å². The highest BCUT2D eigenvalue weighted by Crippen LogP contribution is 2.38. The quantitative estimate of drug-likeness (QED) is 0.442. The molecule has 2 heterocycles. The number of hydrogen-bond donors (Lipinski definition) is 2. The van der Waals surface area contributed by atoms with Gasteiger partial charge in [-0.2, -0.15) is 0 Å². The topological polar surface area (TPSA) is 83.6 Å². The van der Waals surface area contributed by atoms with Gasteiger partial charge < -0.3 is 19.7 Å². The van der Waals surface area contributed by atoms with Crippen molar-refractivity contribution in [3.05, 3.63) is 47.1 Å². The van der Waals surface area contributed by atoms with Crippen molar-refractivity contribution in [2.24, 2.45) is 9.98 Å². The van der Waals surface area contributed by atoms with E-state index in [4.69, 9.17) is 9.47 Å². The summed E-state index contributed by atoms with van der Waals surface area (Å²) in [7, 11) is 0. The number of hydrogen-bond acceptors (Lipinski definition) is 6. The fourth-order valence-electron chi connectivity index (χ4n) is 3.85. The van der Waals surface area contributed by atoms with Crippen LogP contribution in [0.5, 0.6) is 11.5 Å². The highest BCUT2D eigenvalue weighted by molar-refractivity contribution is 6.10. The minimum absolute atomic E-state index is 0.128. The number of aromatic hydroxyl groups is 2. The average Bonchev–Trinajstić information content (AvgIpc) is 2.76. The number of nitrogens with zero attached hydrogens (tertiary/aromatic N) is 2. The van der Waals surface area contributed by atoms with Gasteiger partial charge in [0.05, 0.1) is 21.5 Å². The van der Waals surface area contributed by atoms with Crippen LogP contribution in [-0.2, 0) is 9.47 Å². The first-order valence-corrected chi connectivity index (χ1v) is 10.7. The molecule has 0 fully saturated rings. The van der Waals surface area contributed by atoms with Crippen LogP contribution in [0.15, 0.2) is 46.4 Å². The fraction of sp³-hybridized carbons (Fsp3) is 0.417. The lowest BCUT2D eigenvalue weighted by molar-refractivity contribution is 0.102. The van der Waals surface area contributed by atoms with Gasteiger partial charge in [0.1, 0.15) is 11.5 Å². The molecule has 0 saturated carbocycles. The zero-order valence-corrected chi connectivity index (χ0v) is 17.1. The average molecular weight is 408 g/mol. The van der Waals surface area contributed by atoms with Gasteiger partial charge >= 0.3 is 0 Å². The molecule has 5 rings (SSSR count). The summed E-state index contributed by atoms with van der Waals surface area (Å²) in [6.07, 6.45) is 3.58. The van der Waals surface area contributed by atoms with Crippen LogP contribution in [0.2, 0.25) is 0 Å². The van der Waals surface area contributed by atoms with E-state index in [1.807, 2.05) is 36.4 Å². The third-order valence-electron chi connectivity index (χ3n) is 5.35. The Morgan fingerprint density at radius 2 is 1.03 bits per heavy atom. The maximum Gasteiger partial charge on any atom is 0.133 e. The first-order chi connectivity index (χ1) is 14.8. The van der Waals surface area contributed by atoms with Crippen LogP contribution in [-0.4, -0.2) is 49.7 Å². The van der Waals surface area contributed by atoms with E-state index in [0.717, 1.165) is 38.9 Å². The number of rotatable bonds is 0. The third kappa shape index (κ3) is 4.40. The molecular weight excluding hydrogens is 380 g/mol. The smallest absolute Gasteiger partial charge is 0.133 e. The fourth-order valence-corrected chi connectivity index (χ4v) is 3.85. The Morgan fingerprint density at radius 1 is 0.600 bits per heavy atom. The van der Waals surface area contributed by atoms with Crippen molar-refractivity contribution in [2.45, 2.75) is 25.7 Å². The zero-order valence-electron chi connectivity index (χ0n) is 17.1. The van der Waals surface area contributed by atoms with Crippen molar-refractivity contribution in [3.8, 4) is 11.5 Å². The van der Waals surface area contributed by atoms with Gasteiger partial charge in [-0.15, -0.1) is 0 Å². The molecule has 3 aromatic carbocycles. The number of ether oxygens (including phenoxy) is 2. The monoisotopic (exact) mass is 408 g/mol. The van der Waals surface area contributed by atoms with Gasteiger partial charge in [0.25, 0.3) is 0 Å². The molecule has 2 aliphatic heterocycles. The minimum Gasteiger partial charge on any atom is -0.507 e. The molecule has 0 aromatic heterocycles. The van der Waals surface area contributed by atoms with Crippen molar-refractivity contribution < 1.29 is 19.7 Å².